The predicted molar refractivity (Wildman–Crippen MR) is 95.5 cm³/mol. The SMILES string of the molecule is O=C1/C=C\C(=O)Oc2c(nc(F)c(-c3ccccc3)c2-c2ccccc2)O1. The van der Waals surface area contributed by atoms with E-state index in [1.165, 1.54) is 0 Å². The monoisotopic (exact) mass is 361 g/mol. The second kappa shape index (κ2) is 6.84. The summed E-state index contributed by atoms with van der Waals surface area (Å²) in [5, 5.41) is 0. The van der Waals surface area contributed by atoms with E-state index >= 15 is 4.39 Å². The van der Waals surface area contributed by atoms with Gasteiger partial charge >= 0.3 is 11.9 Å². The third kappa shape index (κ3) is 3.20. The molecule has 0 atom stereocenters. The van der Waals surface area contributed by atoms with E-state index in [0.29, 0.717) is 11.1 Å². The number of hydrogen-bond donors (Lipinski definition) is 0. The summed E-state index contributed by atoms with van der Waals surface area (Å²) < 4.78 is 25.4. The number of rotatable bonds is 2. The van der Waals surface area contributed by atoms with Crippen LogP contribution < -0.4 is 9.47 Å². The summed E-state index contributed by atoms with van der Waals surface area (Å²) in [6.07, 6.45) is 1.85. The summed E-state index contributed by atoms with van der Waals surface area (Å²) >= 11 is 0. The van der Waals surface area contributed by atoms with E-state index in [1.54, 1.807) is 54.6 Å². The van der Waals surface area contributed by atoms with Crippen molar-refractivity contribution in [2.45, 2.75) is 0 Å². The Kier molecular flexibility index (Phi) is 4.22. The fourth-order valence-corrected chi connectivity index (χ4v) is 2.83. The third-order valence-corrected chi connectivity index (χ3v) is 3.96. The van der Waals surface area contributed by atoms with E-state index in [1.807, 2.05) is 6.07 Å². The first-order valence-electron chi connectivity index (χ1n) is 8.09. The molecule has 1 aliphatic heterocycles. The topological polar surface area (TPSA) is 65.5 Å². The Bertz CT molecular complexity index is 1060. The summed E-state index contributed by atoms with van der Waals surface area (Å²) in [6.45, 7) is 0. The van der Waals surface area contributed by atoms with Gasteiger partial charge in [-0.05, 0) is 11.1 Å². The zero-order valence-corrected chi connectivity index (χ0v) is 13.9. The van der Waals surface area contributed by atoms with Crippen molar-refractivity contribution >= 4 is 11.9 Å². The first-order valence-corrected chi connectivity index (χ1v) is 8.09. The quantitative estimate of drug-likeness (QED) is 0.511. The Morgan fingerprint density at radius 1 is 0.704 bits per heavy atom. The zero-order chi connectivity index (χ0) is 18.8. The number of ether oxygens (including phenoxy) is 2. The second-order valence-electron chi connectivity index (χ2n) is 5.69. The summed E-state index contributed by atoms with van der Waals surface area (Å²) in [6, 6.07) is 17.6. The van der Waals surface area contributed by atoms with Crippen molar-refractivity contribution in [2.75, 3.05) is 0 Å². The average Bonchev–Trinajstić information content (AvgIpc) is 2.68. The van der Waals surface area contributed by atoms with Gasteiger partial charge in [0, 0.05) is 23.3 Å². The van der Waals surface area contributed by atoms with Gasteiger partial charge in [-0.25, -0.2) is 9.59 Å². The first-order chi connectivity index (χ1) is 13.1. The minimum Gasteiger partial charge on any atom is -0.417 e. The summed E-state index contributed by atoms with van der Waals surface area (Å²) in [4.78, 5) is 27.5. The van der Waals surface area contributed by atoms with Crippen LogP contribution in [0.1, 0.15) is 0 Å². The maximum absolute atomic E-state index is 15.0. The minimum atomic E-state index is -0.841. The van der Waals surface area contributed by atoms with Gasteiger partial charge in [-0.1, -0.05) is 60.7 Å². The highest BCUT2D eigenvalue weighted by Gasteiger charge is 2.28. The molecule has 1 aliphatic rings. The lowest BCUT2D eigenvalue weighted by Gasteiger charge is -2.18. The molecule has 3 aromatic rings. The van der Waals surface area contributed by atoms with Crippen LogP contribution in [0.5, 0.6) is 11.6 Å². The lowest BCUT2D eigenvalue weighted by Crippen LogP contribution is -2.16. The van der Waals surface area contributed by atoms with Gasteiger partial charge in [0.05, 0.1) is 0 Å². The summed E-state index contributed by atoms with van der Waals surface area (Å²) in [5.41, 5.74) is 1.56. The third-order valence-electron chi connectivity index (χ3n) is 3.96. The number of hydrogen-bond acceptors (Lipinski definition) is 5. The van der Waals surface area contributed by atoms with Gasteiger partial charge < -0.3 is 9.47 Å². The average molecular weight is 361 g/mol. The van der Waals surface area contributed by atoms with Gasteiger partial charge in [-0.3, -0.25) is 0 Å². The molecular formula is C21H12FNO4. The van der Waals surface area contributed by atoms with E-state index in [-0.39, 0.29) is 16.9 Å². The molecule has 0 bridgehead atoms. The van der Waals surface area contributed by atoms with Crippen molar-refractivity contribution in [3.63, 3.8) is 0 Å². The number of esters is 2. The Balaban J connectivity index is 2.07. The lowest BCUT2D eigenvalue weighted by atomic mass is 9.95. The van der Waals surface area contributed by atoms with E-state index in [4.69, 9.17) is 9.47 Å². The molecule has 5 nitrogen and oxygen atoms in total. The predicted octanol–water partition coefficient (Wildman–Crippen LogP) is 3.94. The molecule has 27 heavy (non-hydrogen) atoms. The van der Waals surface area contributed by atoms with Crippen LogP contribution in [0.4, 0.5) is 4.39 Å². The molecule has 0 unspecified atom stereocenters. The first kappa shape index (κ1) is 16.7. The number of aromatic nitrogens is 1. The standard InChI is InChI=1S/C21H12FNO4/c22-20-18(14-9-5-2-6-10-14)17(13-7-3-1-4-8-13)19-21(23-20)27-16(25)12-11-15(24)26-19/h1-12H/b12-11-. The number of pyridine rings is 1. The Morgan fingerprint density at radius 3 is 1.81 bits per heavy atom. The van der Waals surface area contributed by atoms with E-state index in [0.717, 1.165) is 12.2 Å². The molecule has 0 amide bonds. The summed E-state index contributed by atoms with van der Waals surface area (Å²) in [5.74, 6) is -2.96. The highest BCUT2D eigenvalue weighted by molar-refractivity contribution is 5.98. The minimum absolute atomic E-state index is 0.107. The molecule has 0 fully saturated rings. The fraction of sp³-hybridized carbons (Fsp3) is 0. The molecular weight excluding hydrogens is 349 g/mol. The molecule has 0 aliphatic carbocycles. The molecule has 132 valence electrons. The Hall–Kier alpha value is -3.80. The van der Waals surface area contributed by atoms with E-state index in [2.05, 4.69) is 4.98 Å². The van der Waals surface area contributed by atoms with Crippen LogP contribution in [0, 0.1) is 5.95 Å². The molecule has 2 heterocycles. The maximum Gasteiger partial charge on any atom is 0.337 e. The fourth-order valence-electron chi connectivity index (χ4n) is 2.83. The van der Waals surface area contributed by atoms with Crippen molar-refractivity contribution < 1.29 is 23.5 Å². The van der Waals surface area contributed by atoms with Crippen LogP contribution in [-0.2, 0) is 9.59 Å². The molecule has 0 saturated heterocycles. The number of benzene rings is 2. The Morgan fingerprint density at radius 2 is 1.22 bits per heavy atom. The smallest absolute Gasteiger partial charge is 0.337 e. The highest BCUT2D eigenvalue weighted by Crippen LogP contribution is 2.45. The lowest BCUT2D eigenvalue weighted by molar-refractivity contribution is -0.133. The highest BCUT2D eigenvalue weighted by atomic mass is 19.1. The molecule has 1 aromatic heterocycles. The van der Waals surface area contributed by atoms with Gasteiger partial charge in [0.15, 0.2) is 0 Å². The van der Waals surface area contributed by atoms with Crippen molar-refractivity contribution in [1.29, 1.82) is 0 Å². The molecule has 4 rings (SSSR count). The van der Waals surface area contributed by atoms with Gasteiger partial charge in [0.1, 0.15) is 0 Å². The van der Waals surface area contributed by atoms with Crippen molar-refractivity contribution in [2.24, 2.45) is 0 Å². The molecule has 0 radical (unpaired) electrons. The van der Waals surface area contributed by atoms with Gasteiger partial charge in [-0.2, -0.15) is 9.37 Å². The van der Waals surface area contributed by atoms with Crippen molar-refractivity contribution in [3.8, 4) is 33.9 Å². The van der Waals surface area contributed by atoms with Crippen molar-refractivity contribution in [3.05, 3.63) is 78.8 Å². The number of carbonyl (C=O) groups excluding carboxylic acids is 2. The number of carbonyl (C=O) groups is 2. The largest absolute Gasteiger partial charge is 0.417 e. The van der Waals surface area contributed by atoms with Gasteiger partial charge in [-0.15, -0.1) is 0 Å². The van der Waals surface area contributed by atoms with Crippen LogP contribution >= 0.6 is 0 Å². The molecule has 0 spiro atoms. The second-order valence-corrected chi connectivity index (χ2v) is 5.69. The van der Waals surface area contributed by atoms with Crippen LogP contribution in [0.15, 0.2) is 72.8 Å². The zero-order valence-electron chi connectivity index (χ0n) is 13.9. The van der Waals surface area contributed by atoms with Crippen LogP contribution in [-0.4, -0.2) is 16.9 Å². The normalized spacial score (nSPS) is 14.4. The Labute approximate surface area is 153 Å². The number of halogens is 1. The van der Waals surface area contributed by atoms with E-state index < -0.39 is 23.8 Å². The van der Waals surface area contributed by atoms with Gasteiger partial charge in [0.2, 0.25) is 11.7 Å². The maximum atomic E-state index is 15.0. The van der Waals surface area contributed by atoms with E-state index in [9.17, 15) is 9.59 Å². The molecule has 2 aromatic carbocycles. The van der Waals surface area contributed by atoms with Crippen LogP contribution in [0.2, 0.25) is 0 Å². The van der Waals surface area contributed by atoms with Gasteiger partial charge in [0.25, 0.3) is 5.88 Å². The van der Waals surface area contributed by atoms with Crippen molar-refractivity contribution in [1.82, 2.24) is 4.98 Å². The number of nitrogens with zero attached hydrogens (tertiary/aromatic N) is 1. The summed E-state index contributed by atoms with van der Waals surface area (Å²) in [7, 11) is 0. The molecule has 6 heteroatoms. The van der Waals surface area contributed by atoms with Crippen LogP contribution in [0.3, 0.4) is 0 Å². The van der Waals surface area contributed by atoms with Crippen LogP contribution in [0.25, 0.3) is 22.3 Å². The molecule has 0 saturated carbocycles. The number of fused-ring (bicyclic) bond motifs is 1. The molecule has 0 N–H and O–H groups in total.